The summed E-state index contributed by atoms with van der Waals surface area (Å²) in [7, 11) is 0. The van der Waals surface area contributed by atoms with Crippen LogP contribution >= 0.6 is 0 Å². The minimum absolute atomic E-state index is 0.128. The van der Waals surface area contributed by atoms with Crippen LogP contribution in [-0.2, 0) is 16.1 Å². The second kappa shape index (κ2) is 6.55. The van der Waals surface area contributed by atoms with Crippen molar-refractivity contribution in [2.75, 3.05) is 0 Å². The van der Waals surface area contributed by atoms with Gasteiger partial charge in [0.05, 0.1) is 0 Å². The number of hydrogen-bond donors (Lipinski definition) is 1. The minimum atomic E-state index is -0.983. The second-order valence-corrected chi connectivity index (χ2v) is 6.26. The summed E-state index contributed by atoms with van der Waals surface area (Å²) in [6, 6.07) is 8.62. The van der Waals surface area contributed by atoms with Gasteiger partial charge in [0, 0.05) is 13.0 Å². The third-order valence-electron chi connectivity index (χ3n) is 3.02. The summed E-state index contributed by atoms with van der Waals surface area (Å²) < 4.78 is 0. The van der Waals surface area contributed by atoms with Crippen molar-refractivity contribution >= 4 is 11.9 Å². The molecule has 1 aromatic carbocycles. The van der Waals surface area contributed by atoms with Crippen LogP contribution in [-0.4, -0.2) is 27.9 Å². The van der Waals surface area contributed by atoms with E-state index in [0.29, 0.717) is 13.0 Å². The number of nitrogens with zero attached hydrogens (tertiary/aromatic N) is 1. The third kappa shape index (κ3) is 5.03. The number of carbonyl (C=O) groups excluding carboxylic acids is 1. The van der Waals surface area contributed by atoms with Crippen LogP contribution in [0.15, 0.2) is 30.3 Å². The summed E-state index contributed by atoms with van der Waals surface area (Å²) in [5, 5.41) is 9.18. The van der Waals surface area contributed by atoms with Gasteiger partial charge in [-0.3, -0.25) is 4.79 Å². The molecule has 0 fully saturated rings. The van der Waals surface area contributed by atoms with Gasteiger partial charge in [-0.15, -0.1) is 0 Å². The molecule has 4 heteroatoms. The number of amides is 1. The van der Waals surface area contributed by atoms with Crippen molar-refractivity contribution in [3.8, 4) is 0 Å². The average Bonchev–Trinajstić information content (AvgIpc) is 2.34. The largest absolute Gasteiger partial charge is 0.480 e. The zero-order chi connectivity index (χ0) is 15.3. The van der Waals surface area contributed by atoms with Crippen LogP contribution in [0.3, 0.4) is 0 Å². The van der Waals surface area contributed by atoms with Crippen molar-refractivity contribution in [2.45, 2.75) is 46.7 Å². The van der Waals surface area contributed by atoms with E-state index >= 15 is 0 Å². The molecular formula is C16H23NO3. The molecule has 0 heterocycles. The molecule has 20 heavy (non-hydrogen) atoms. The van der Waals surface area contributed by atoms with Gasteiger partial charge < -0.3 is 10.0 Å². The summed E-state index contributed by atoms with van der Waals surface area (Å²) in [6.07, 6.45) is 0.331. The normalized spacial score (nSPS) is 12.8. The molecule has 4 nitrogen and oxygen atoms in total. The molecule has 0 spiro atoms. The molecule has 1 amide bonds. The first kappa shape index (κ1) is 16.2. The first-order valence-electron chi connectivity index (χ1n) is 6.77. The molecule has 0 aliphatic rings. The molecule has 1 atom stereocenters. The summed E-state index contributed by atoms with van der Waals surface area (Å²) in [5.74, 6) is -1.11. The van der Waals surface area contributed by atoms with Crippen molar-refractivity contribution in [1.29, 1.82) is 0 Å². The lowest BCUT2D eigenvalue weighted by molar-refractivity contribution is -0.150. The van der Waals surface area contributed by atoms with Gasteiger partial charge in [0.25, 0.3) is 0 Å². The van der Waals surface area contributed by atoms with Gasteiger partial charge in [-0.25, -0.2) is 4.79 Å². The van der Waals surface area contributed by atoms with E-state index in [0.717, 1.165) is 5.56 Å². The number of benzene rings is 1. The summed E-state index contributed by atoms with van der Waals surface area (Å²) in [5.41, 5.74) is 0.771. The highest BCUT2D eigenvalue weighted by Crippen LogP contribution is 2.22. The molecule has 0 radical (unpaired) electrons. The van der Waals surface area contributed by atoms with E-state index < -0.39 is 12.0 Å². The Kier molecular flexibility index (Phi) is 5.31. The van der Waals surface area contributed by atoms with E-state index in [2.05, 4.69) is 0 Å². The highest BCUT2D eigenvalue weighted by atomic mass is 16.4. The van der Waals surface area contributed by atoms with Crippen LogP contribution in [0.5, 0.6) is 0 Å². The number of carboxylic acid groups (broad SMARTS) is 1. The maximum absolute atomic E-state index is 12.4. The van der Waals surface area contributed by atoms with Gasteiger partial charge in [0.15, 0.2) is 0 Å². The Labute approximate surface area is 120 Å². The SMILES string of the molecule is CC(C(=O)O)N(Cc1ccccc1)C(=O)CC(C)(C)C. The fraction of sp³-hybridized carbons (Fsp3) is 0.500. The Morgan fingerprint density at radius 1 is 1.20 bits per heavy atom. The van der Waals surface area contributed by atoms with E-state index in [1.165, 1.54) is 4.90 Å². The van der Waals surface area contributed by atoms with E-state index in [4.69, 9.17) is 0 Å². The fourth-order valence-corrected chi connectivity index (χ4v) is 1.91. The molecule has 1 rings (SSSR count). The lowest BCUT2D eigenvalue weighted by Gasteiger charge is -2.29. The lowest BCUT2D eigenvalue weighted by atomic mass is 9.91. The lowest BCUT2D eigenvalue weighted by Crippen LogP contribution is -2.43. The van der Waals surface area contributed by atoms with E-state index in [9.17, 15) is 14.7 Å². The second-order valence-electron chi connectivity index (χ2n) is 6.26. The molecule has 0 aliphatic carbocycles. The third-order valence-corrected chi connectivity index (χ3v) is 3.02. The molecule has 0 aliphatic heterocycles. The molecule has 0 bridgehead atoms. The Morgan fingerprint density at radius 3 is 2.20 bits per heavy atom. The standard InChI is InChI=1S/C16H23NO3/c1-12(15(19)20)17(14(18)10-16(2,3)4)11-13-8-6-5-7-9-13/h5-9,12H,10-11H2,1-4H3,(H,19,20). The predicted molar refractivity (Wildman–Crippen MR) is 78.2 cm³/mol. The number of carboxylic acids is 1. The molecule has 0 aromatic heterocycles. The Morgan fingerprint density at radius 2 is 1.75 bits per heavy atom. The number of hydrogen-bond acceptors (Lipinski definition) is 2. The topological polar surface area (TPSA) is 57.6 Å². The average molecular weight is 277 g/mol. The summed E-state index contributed by atoms with van der Waals surface area (Å²) in [6.45, 7) is 7.78. The van der Waals surface area contributed by atoms with Crippen LogP contribution in [0.25, 0.3) is 0 Å². The van der Waals surface area contributed by atoms with Crippen LogP contribution in [0, 0.1) is 5.41 Å². The molecule has 110 valence electrons. The Bertz CT molecular complexity index is 462. The van der Waals surface area contributed by atoms with Crippen LogP contribution in [0.1, 0.15) is 39.7 Å². The zero-order valence-electron chi connectivity index (χ0n) is 12.6. The Balaban J connectivity index is 2.91. The molecular weight excluding hydrogens is 254 g/mol. The first-order valence-corrected chi connectivity index (χ1v) is 6.77. The fourth-order valence-electron chi connectivity index (χ4n) is 1.91. The molecule has 1 N–H and O–H groups in total. The number of aliphatic carboxylic acids is 1. The minimum Gasteiger partial charge on any atom is -0.480 e. The molecule has 0 saturated heterocycles. The number of rotatable bonds is 5. The van der Waals surface area contributed by atoms with Gasteiger partial charge in [-0.1, -0.05) is 51.1 Å². The van der Waals surface area contributed by atoms with Crippen molar-refractivity contribution in [2.24, 2.45) is 5.41 Å². The van der Waals surface area contributed by atoms with Crippen molar-refractivity contribution in [3.05, 3.63) is 35.9 Å². The monoisotopic (exact) mass is 277 g/mol. The quantitative estimate of drug-likeness (QED) is 0.900. The van der Waals surface area contributed by atoms with Crippen molar-refractivity contribution in [3.63, 3.8) is 0 Å². The first-order chi connectivity index (χ1) is 9.20. The van der Waals surface area contributed by atoms with Gasteiger partial charge in [0.1, 0.15) is 6.04 Å². The van der Waals surface area contributed by atoms with E-state index in [-0.39, 0.29) is 11.3 Å². The van der Waals surface area contributed by atoms with Gasteiger partial charge in [-0.2, -0.15) is 0 Å². The molecule has 0 saturated carbocycles. The molecule has 1 unspecified atom stereocenters. The van der Waals surface area contributed by atoms with Gasteiger partial charge in [0.2, 0.25) is 5.91 Å². The maximum atomic E-state index is 12.4. The van der Waals surface area contributed by atoms with Crippen LogP contribution < -0.4 is 0 Å². The molecule has 1 aromatic rings. The van der Waals surface area contributed by atoms with E-state index in [1.54, 1.807) is 6.92 Å². The smallest absolute Gasteiger partial charge is 0.326 e. The summed E-state index contributed by atoms with van der Waals surface area (Å²) in [4.78, 5) is 25.0. The predicted octanol–water partition coefficient (Wildman–Crippen LogP) is 2.92. The summed E-state index contributed by atoms with van der Waals surface area (Å²) >= 11 is 0. The van der Waals surface area contributed by atoms with E-state index in [1.807, 2.05) is 51.1 Å². The number of carbonyl (C=O) groups is 2. The van der Waals surface area contributed by atoms with Crippen molar-refractivity contribution in [1.82, 2.24) is 4.90 Å². The van der Waals surface area contributed by atoms with Crippen LogP contribution in [0.4, 0.5) is 0 Å². The van der Waals surface area contributed by atoms with Gasteiger partial charge in [-0.05, 0) is 17.9 Å². The van der Waals surface area contributed by atoms with Gasteiger partial charge >= 0.3 is 5.97 Å². The Hall–Kier alpha value is -1.84. The highest BCUT2D eigenvalue weighted by molar-refractivity contribution is 5.83. The highest BCUT2D eigenvalue weighted by Gasteiger charge is 2.28. The maximum Gasteiger partial charge on any atom is 0.326 e. The van der Waals surface area contributed by atoms with Crippen LogP contribution in [0.2, 0.25) is 0 Å². The van der Waals surface area contributed by atoms with Crippen molar-refractivity contribution < 1.29 is 14.7 Å². The zero-order valence-corrected chi connectivity index (χ0v) is 12.6.